The molecule has 1 aliphatic heterocycles. The number of hydrogen-bond donors (Lipinski definition) is 1. The van der Waals surface area contributed by atoms with Crippen molar-refractivity contribution in [3.8, 4) is 11.3 Å². The number of rotatable bonds is 4. The number of anilines is 1. The molecule has 2 heterocycles. The Bertz CT molecular complexity index is 1080. The summed E-state index contributed by atoms with van der Waals surface area (Å²) in [5, 5.41) is 17.8. The lowest BCUT2D eigenvalue weighted by atomic mass is 10.1. The summed E-state index contributed by atoms with van der Waals surface area (Å²) in [6.07, 6.45) is 1.52. The minimum Gasteiger partial charge on any atom is -0.368 e. The maximum atomic E-state index is 13.1. The number of nitrogens with zero attached hydrogens (tertiary/aromatic N) is 4. The average Bonchev–Trinajstić information content (AvgIpc) is 3.25. The summed E-state index contributed by atoms with van der Waals surface area (Å²) < 4.78 is 0. The van der Waals surface area contributed by atoms with Gasteiger partial charge >= 0.3 is 0 Å². The van der Waals surface area contributed by atoms with Gasteiger partial charge in [-0.25, -0.2) is 0 Å². The van der Waals surface area contributed by atoms with Crippen LogP contribution in [0.25, 0.3) is 11.3 Å². The molecule has 1 N–H and O–H groups in total. The van der Waals surface area contributed by atoms with E-state index in [2.05, 4.69) is 47.1 Å². The molecular weight excluding hydrogens is 382 g/mol. The van der Waals surface area contributed by atoms with Gasteiger partial charge in [-0.1, -0.05) is 12.1 Å². The second kappa shape index (κ2) is 7.98. The number of H-pyrrole nitrogens is 1. The van der Waals surface area contributed by atoms with Gasteiger partial charge in [0.05, 0.1) is 22.4 Å². The molecule has 3 aromatic rings. The zero-order valence-electron chi connectivity index (χ0n) is 17.0. The molecule has 1 aliphatic rings. The quantitative estimate of drug-likeness (QED) is 0.529. The zero-order chi connectivity index (χ0) is 21.3. The number of hydrogen-bond acceptors (Lipinski definition) is 5. The third kappa shape index (κ3) is 3.63. The van der Waals surface area contributed by atoms with Gasteiger partial charge in [-0.15, -0.1) is 0 Å². The van der Waals surface area contributed by atoms with E-state index in [1.54, 1.807) is 12.1 Å². The largest absolute Gasteiger partial charge is 0.368 e. The fourth-order valence-corrected chi connectivity index (χ4v) is 3.82. The molecule has 8 nitrogen and oxygen atoms in total. The van der Waals surface area contributed by atoms with E-state index >= 15 is 0 Å². The highest BCUT2D eigenvalue weighted by Crippen LogP contribution is 2.27. The first-order valence-corrected chi connectivity index (χ1v) is 9.84. The Morgan fingerprint density at radius 2 is 1.77 bits per heavy atom. The molecule has 0 radical (unpaired) electrons. The number of amides is 1. The normalized spacial score (nSPS) is 14.1. The van der Waals surface area contributed by atoms with Crippen LogP contribution >= 0.6 is 0 Å². The molecule has 154 valence electrons. The molecule has 0 saturated carbocycles. The number of carbonyl (C=O) groups is 1. The summed E-state index contributed by atoms with van der Waals surface area (Å²) in [6, 6.07) is 12.4. The van der Waals surface area contributed by atoms with Crippen molar-refractivity contribution in [1.29, 1.82) is 0 Å². The Morgan fingerprint density at radius 1 is 1.07 bits per heavy atom. The van der Waals surface area contributed by atoms with Crippen LogP contribution in [0.4, 0.5) is 11.4 Å². The minimum atomic E-state index is -0.446. The second-order valence-corrected chi connectivity index (χ2v) is 7.46. The molecule has 1 amide bonds. The zero-order valence-corrected chi connectivity index (χ0v) is 17.0. The van der Waals surface area contributed by atoms with Crippen LogP contribution in [0.2, 0.25) is 0 Å². The van der Waals surface area contributed by atoms with Gasteiger partial charge in [0.2, 0.25) is 0 Å². The van der Waals surface area contributed by atoms with Crippen molar-refractivity contribution >= 4 is 17.3 Å². The molecule has 1 saturated heterocycles. The van der Waals surface area contributed by atoms with Crippen LogP contribution in [0.15, 0.2) is 48.7 Å². The number of aromatic amines is 1. The molecule has 1 fully saturated rings. The van der Waals surface area contributed by atoms with E-state index in [1.165, 1.54) is 35.1 Å². The molecular formula is C22H23N5O3. The Morgan fingerprint density at radius 3 is 2.43 bits per heavy atom. The Kier molecular flexibility index (Phi) is 5.22. The van der Waals surface area contributed by atoms with E-state index < -0.39 is 4.92 Å². The van der Waals surface area contributed by atoms with E-state index in [4.69, 9.17) is 0 Å². The van der Waals surface area contributed by atoms with E-state index in [9.17, 15) is 14.9 Å². The summed E-state index contributed by atoms with van der Waals surface area (Å²) in [7, 11) is 0. The van der Waals surface area contributed by atoms with Crippen molar-refractivity contribution in [1.82, 2.24) is 15.1 Å². The number of aromatic nitrogens is 2. The van der Waals surface area contributed by atoms with Crippen LogP contribution < -0.4 is 4.90 Å². The van der Waals surface area contributed by atoms with Crippen molar-refractivity contribution in [3.05, 3.63) is 75.5 Å². The van der Waals surface area contributed by atoms with E-state index in [0.29, 0.717) is 29.9 Å². The van der Waals surface area contributed by atoms with Crippen LogP contribution in [0.3, 0.4) is 0 Å². The molecule has 0 aliphatic carbocycles. The molecule has 4 rings (SSSR count). The summed E-state index contributed by atoms with van der Waals surface area (Å²) in [5.74, 6) is -0.0854. The molecule has 0 atom stereocenters. The fraction of sp³-hybridized carbons (Fsp3) is 0.273. The Balaban J connectivity index is 1.48. The van der Waals surface area contributed by atoms with Gasteiger partial charge in [-0.2, -0.15) is 5.10 Å². The summed E-state index contributed by atoms with van der Waals surface area (Å²) in [6.45, 7) is 7.01. The number of aryl methyl sites for hydroxylation is 1. The van der Waals surface area contributed by atoms with E-state index in [-0.39, 0.29) is 11.6 Å². The molecule has 0 unspecified atom stereocenters. The van der Waals surface area contributed by atoms with Gasteiger partial charge in [-0.05, 0) is 43.2 Å². The minimum absolute atomic E-state index is 0.00806. The number of non-ortho nitro benzene ring substituents is 1. The summed E-state index contributed by atoms with van der Waals surface area (Å²) >= 11 is 0. The van der Waals surface area contributed by atoms with Crippen molar-refractivity contribution in [2.24, 2.45) is 0 Å². The predicted octanol–water partition coefficient (Wildman–Crippen LogP) is 3.56. The number of nitrogens with one attached hydrogen (secondary N) is 1. The van der Waals surface area contributed by atoms with Gasteiger partial charge in [0.15, 0.2) is 0 Å². The van der Waals surface area contributed by atoms with Crippen LogP contribution in [-0.2, 0) is 0 Å². The first kappa shape index (κ1) is 19.6. The fourth-order valence-electron chi connectivity index (χ4n) is 3.82. The van der Waals surface area contributed by atoms with Crippen molar-refractivity contribution in [2.45, 2.75) is 13.8 Å². The van der Waals surface area contributed by atoms with Gasteiger partial charge in [0.25, 0.3) is 11.6 Å². The number of nitro groups is 1. The molecule has 8 heteroatoms. The molecule has 0 spiro atoms. The lowest BCUT2D eigenvalue weighted by Gasteiger charge is -2.37. The third-order valence-electron chi connectivity index (χ3n) is 5.72. The van der Waals surface area contributed by atoms with E-state index in [1.807, 2.05) is 4.90 Å². The Hall–Kier alpha value is -3.68. The second-order valence-electron chi connectivity index (χ2n) is 7.46. The predicted molar refractivity (Wildman–Crippen MR) is 115 cm³/mol. The van der Waals surface area contributed by atoms with Gasteiger partial charge in [-0.3, -0.25) is 20.0 Å². The first-order chi connectivity index (χ1) is 14.5. The average molecular weight is 405 g/mol. The molecule has 0 bridgehead atoms. The number of benzene rings is 2. The standard InChI is InChI=1S/C22H23N5O3/c1-15-4-3-5-20(16(15)2)25-10-12-26(13-11-25)22(28)19-14-23-24-21(19)17-6-8-18(9-7-17)27(29)30/h3-9,14H,10-13H2,1-2H3,(H,23,24). The van der Waals surface area contributed by atoms with Crippen molar-refractivity contribution < 1.29 is 9.72 Å². The van der Waals surface area contributed by atoms with Crippen LogP contribution in [0, 0.1) is 24.0 Å². The monoisotopic (exact) mass is 405 g/mol. The lowest BCUT2D eigenvalue weighted by molar-refractivity contribution is -0.384. The van der Waals surface area contributed by atoms with Gasteiger partial charge < -0.3 is 9.80 Å². The van der Waals surface area contributed by atoms with Crippen molar-refractivity contribution in [3.63, 3.8) is 0 Å². The number of piperazine rings is 1. The SMILES string of the molecule is Cc1cccc(N2CCN(C(=O)c3cn[nH]c3-c3ccc([N+](=O)[O-])cc3)CC2)c1C. The molecule has 30 heavy (non-hydrogen) atoms. The van der Waals surface area contributed by atoms with Crippen LogP contribution in [0.5, 0.6) is 0 Å². The lowest BCUT2D eigenvalue weighted by Crippen LogP contribution is -2.49. The Labute approximate surface area is 174 Å². The van der Waals surface area contributed by atoms with Gasteiger partial charge in [0.1, 0.15) is 0 Å². The van der Waals surface area contributed by atoms with E-state index in [0.717, 1.165) is 13.1 Å². The van der Waals surface area contributed by atoms with Crippen LogP contribution in [0.1, 0.15) is 21.5 Å². The van der Waals surface area contributed by atoms with Gasteiger partial charge in [0, 0.05) is 49.6 Å². The highest BCUT2D eigenvalue weighted by molar-refractivity contribution is 6.00. The topological polar surface area (TPSA) is 95.4 Å². The molecule has 2 aromatic carbocycles. The number of carbonyl (C=O) groups excluding carboxylic acids is 1. The highest BCUT2D eigenvalue weighted by Gasteiger charge is 2.26. The maximum absolute atomic E-state index is 13.1. The van der Waals surface area contributed by atoms with Crippen LogP contribution in [-0.4, -0.2) is 52.1 Å². The summed E-state index contributed by atoms with van der Waals surface area (Å²) in [5.41, 5.74) is 5.50. The third-order valence-corrected chi connectivity index (χ3v) is 5.72. The number of nitro benzene ring substituents is 1. The highest BCUT2D eigenvalue weighted by atomic mass is 16.6. The summed E-state index contributed by atoms with van der Waals surface area (Å²) in [4.78, 5) is 27.7. The van der Waals surface area contributed by atoms with Crippen molar-refractivity contribution in [2.75, 3.05) is 31.1 Å². The maximum Gasteiger partial charge on any atom is 0.269 e. The molecule has 1 aromatic heterocycles. The smallest absolute Gasteiger partial charge is 0.269 e. The first-order valence-electron chi connectivity index (χ1n) is 9.84.